The molecule has 0 unspecified atom stereocenters. The molecule has 0 saturated heterocycles. The molecule has 1 fully saturated rings. The summed E-state index contributed by atoms with van der Waals surface area (Å²) < 4.78 is 0. The fourth-order valence-electron chi connectivity index (χ4n) is 3.93. The summed E-state index contributed by atoms with van der Waals surface area (Å²) in [7, 11) is 4.08. The van der Waals surface area contributed by atoms with Crippen LogP contribution < -0.4 is 4.90 Å². The minimum absolute atomic E-state index is 0.0185. The lowest BCUT2D eigenvalue weighted by atomic mass is 10.0. The topological polar surface area (TPSA) is 20.3 Å². The molecular formula is C24H23NO. The van der Waals surface area contributed by atoms with E-state index in [1.807, 2.05) is 50.5 Å². The Hall–Kier alpha value is -2.87. The first-order valence-corrected chi connectivity index (χ1v) is 9.08. The number of hydrogen-bond acceptors (Lipinski definition) is 2. The van der Waals surface area contributed by atoms with Gasteiger partial charge in [-0.05, 0) is 23.3 Å². The summed E-state index contributed by atoms with van der Waals surface area (Å²) in [6.45, 7) is 0. The Labute approximate surface area is 155 Å². The zero-order valence-electron chi connectivity index (χ0n) is 15.2. The van der Waals surface area contributed by atoms with Crippen LogP contribution in [0.5, 0.6) is 0 Å². The maximum absolute atomic E-state index is 13.1. The third-order valence-electron chi connectivity index (χ3n) is 5.36. The lowest BCUT2D eigenvalue weighted by Gasteiger charge is -2.12. The molecule has 0 amide bonds. The number of carbonyl (C=O) groups is 1. The fraction of sp³-hybridized carbons (Fsp3) is 0.208. The van der Waals surface area contributed by atoms with Gasteiger partial charge in [0.25, 0.3) is 0 Å². The zero-order chi connectivity index (χ0) is 18.1. The zero-order valence-corrected chi connectivity index (χ0v) is 15.2. The Morgan fingerprint density at radius 1 is 0.692 bits per heavy atom. The number of nitrogens with zero attached hydrogens (tertiary/aromatic N) is 1. The van der Waals surface area contributed by atoms with Crippen LogP contribution in [-0.4, -0.2) is 19.9 Å². The number of rotatable bonds is 5. The lowest BCUT2D eigenvalue weighted by molar-refractivity contribution is 0.0963. The number of benzene rings is 3. The van der Waals surface area contributed by atoms with Gasteiger partial charge in [0.2, 0.25) is 0 Å². The Kier molecular flexibility index (Phi) is 4.34. The molecule has 0 heterocycles. The largest absolute Gasteiger partial charge is 0.378 e. The molecule has 3 aromatic rings. The van der Waals surface area contributed by atoms with Crippen molar-refractivity contribution in [3.8, 4) is 0 Å². The Morgan fingerprint density at radius 2 is 1.19 bits per heavy atom. The molecule has 1 aliphatic rings. The normalized spacial score (nSPS) is 21.2. The van der Waals surface area contributed by atoms with Crippen LogP contribution in [0.3, 0.4) is 0 Å². The van der Waals surface area contributed by atoms with E-state index in [2.05, 4.69) is 53.4 Å². The third kappa shape index (κ3) is 3.03. The second-order valence-corrected chi connectivity index (χ2v) is 7.20. The summed E-state index contributed by atoms with van der Waals surface area (Å²) in [6, 6.07) is 28.7. The van der Waals surface area contributed by atoms with E-state index in [1.165, 1.54) is 16.8 Å². The van der Waals surface area contributed by atoms with Crippen LogP contribution in [-0.2, 0) is 0 Å². The monoisotopic (exact) mass is 341 g/mol. The molecule has 3 atom stereocenters. The molecule has 2 heteroatoms. The van der Waals surface area contributed by atoms with Crippen molar-refractivity contribution in [2.45, 2.75) is 11.8 Å². The molecular weight excluding hydrogens is 318 g/mol. The Bertz CT molecular complexity index is 885. The highest BCUT2D eigenvalue weighted by molar-refractivity contribution is 6.01. The average molecular weight is 341 g/mol. The predicted octanol–water partition coefficient (Wildman–Crippen LogP) is 5.13. The molecule has 1 aliphatic carbocycles. The molecule has 0 N–H and O–H groups in total. The van der Waals surface area contributed by atoms with E-state index in [4.69, 9.17) is 0 Å². The van der Waals surface area contributed by atoms with Gasteiger partial charge in [0.1, 0.15) is 0 Å². The molecule has 130 valence electrons. The van der Waals surface area contributed by atoms with Crippen LogP contribution in [0.15, 0.2) is 84.9 Å². The van der Waals surface area contributed by atoms with Crippen molar-refractivity contribution < 1.29 is 4.79 Å². The van der Waals surface area contributed by atoms with E-state index < -0.39 is 0 Å². The summed E-state index contributed by atoms with van der Waals surface area (Å²) >= 11 is 0. The van der Waals surface area contributed by atoms with Crippen molar-refractivity contribution in [2.75, 3.05) is 19.0 Å². The second-order valence-electron chi connectivity index (χ2n) is 7.20. The summed E-state index contributed by atoms with van der Waals surface area (Å²) in [5.74, 6) is 0.779. The van der Waals surface area contributed by atoms with E-state index >= 15 is 0 Å². The first-order valence-electron chi connectivity index (χ1n) is 9.08. The number of anilines is 1. The first-order chi connectivity index (χ1) is 12.7. The summed E-state index contributed by atoms with van der Waals surface area (Å²) in [5, 5.41) is 0. The molecule has 26 heavy (non-hydrogen) atoms. The maximum Gasteiger partial charge on any atom is 0.167 e. The van der Waals surface area contributed by atoms with Crippen molar-refractivity contribution >= 4 is 11.5 Å². The molecule has 0 radical (unpaired) electrons. The van der Waals surface area contributed by atoms with Crippen LogP contribution in [0.25, 0.3) is 0 Å². The van der Waals surface area contributed by atoms with Crippen LogP contribution in [0.2, 0.25) is 0 Å². The molecule has 0 spiro atoms. The van der Waals surface area contributed by atoms with E-state index in [0.29, 0.717) is 0 Å². The molecule has 3 aromatic carbocycles. The Balaban J connectivity index is 1.67. The summed E-state index contributed by atoms with van der Waals surface area (Å²) in [6.07, 6.45) is 0. The third-order valence-corrected chi connectivity index (χ3v) is 5.36. The highest BCUT2D eigenvalue weighted by atomic mass is 16.1. The van der Waals surface area contributed by atoms with Crippen molar-refractivity contribution in [1.82, 2.24) is 0 Å². The van der Waals surface area contributed by atoms with Gasteiger partial charge in [0, 0.05) is 43.1 Å². The van der Waals surface area contributed by atoms with Gasteiger partial charge < -0.3 is 4.90 Å². The van der Waals surface area contributed by atoms with Gasteiger partial charge in [-0.15, -0.1) is 0 Å². The number of ketones is 1. The standard InChI is InChI=1S/C24H23NO/c1-25(2)20-15-13-18(14-16-20)22-21(17-9-5-3-6-10-17)23(22)24(26)19-11-7-4-8-12-19/h3-16,21-23H,1-2H3/t21-,22-,23-/m0/s1. The minimum atomic E-state index is 0.0185. The van der Waals surface area contributed by atoms with Crippen LogP contribution in [0, 0.1) is 5.92 Å². The van der Waals surface area contributed by atoms with Crippen LogP contribution >= 0.6 is 0 Å². The van der Waals surface area contributed by atoms with Crippen molar-refractivity contribution in [2.24, 2.45) is 5.92 Å². The first kappa shape index (κ1) is 16.6. The quantitative estimate of drug-likeness (QED) is 0.599. The number of hydrogen-bond donors (Lipinski definition) is 0. The predicted molar refractivity (Wildman–Crippen MR) is 107 cm³/mol. The van der Waals surface area contributed by atoms with Gasteiger partial charge in [-0.3, -0.25) is 4.79 Å². The van der Waals surface area contributed by atoms with Gasteiger partial charge in [-0.1, -0.05) is 72.8 Å². The van der Waals surface area contributed by atoms with Gasteiger partial charge in [-0.25, -0.2) is 0 Å². The van der Waals surface area contributed by atoms with E-state index in [-0.39, 0.29) is 23.5 Å². The van der Waals surface area contributed by atoms with E-state index in [9.17, 15) is 4.79 Å². The van der Waals surface area contributed by atoms with Crippen molar-refractivity contribution in [1.29, 1.82) is 0 Å². The highest BCUT2D eigenvalue weighted by Gasteiger charge is 2.55. The van der Waals surface area contributed by atoms with Gasteiger partial charge in [-0.2, -0.15) is 0 Å². The van der Waals surface area contributed by atoms with Crippen molar-refractivity contribution in [3.63, 3.8) is 0 Å². The van der Waals surface area contributed by atoms with E-state index in [0.717, 1.165) is 5.56 Å². The minimum Gasteiger partial charge on any atom is -0.378 e. The van der Waals surface area contributed by atoms with Gasteiger partial charge in [0.05, 0.1) is 0 Å². The van der Waals surface area contributed by atoms with Crippen LogP contribution in [0.1, 0.15) is 33.3 Å². The average Bonchev–Trinajstić information content (AvgIpc) is 3.44. The fourth-order valence-corrected chi connectivity index (χ4v) is 3.93. The maximum atomic E-state index is 13.1. The highest BCUT2D eigenvalue weighted by Crippen LogP contribution is 2.61. The number of carbonyl (C=O) groups excluding carboxylic acids is 1. The molecule has 2 nitrogen and oxygen atoms in total. The smallest absolute Gasteiger partial charge is 0.167 e. The summed E-state index contributed by atoms with van der Waals surface area (Å²) in [4.78, 5) is 15.2. The molecule has 0 aromatic heterocycles. The Morgan fingerprint density at radius 3 is 1.73 bits per heavy atom. The van der Waals surface area contributed by atoms with Crippen LogP contribution in [0.4, 0.5) is 5.69 Å². The number of Topliss-reactive ketones (excluding diaryl/α,β-unsaturated/α-hetero) is 1. The molecule has 4 rings (SSSR count). The lowest BCUT2D eigenvalue weighted by Crippen LogP contribution is -2.08. The second kappa shape index (κ2) is 6.80. The van der Waals surface area contributed by atoms with E-state index in [1.54, 1.807) is 0 Å². The molecule has 0 aliphatic heterocycles. The molecule has 1 saturated carbocycles. The van der Waals surface area contributed by atoms with Gasteiger partial charge in [0.15, 0.2) is 5.78 Å². The molecule has 0 bridgehead atoms. The SMILES string of the molecule is CN(C)c1ccc([C@@H]2[C@@H](C(=O)c3ccccc3)[C@H]2c2ccccc2)cc1. The van der Waals surface area contributed by atoms with Crippen molar-refractivity contribution in [3.05, 3.63) is 102 Å². The van der Waals surface area contributed by atoms with Gasteiger partial charge >= 0.3 is 0 Å². The summed E-state index contributed by atoms with van der Waals surface area (Å²) in [5.41, 5.74) is 4.49.